The molecule has 2 heterocycles. The quantitative estimate of drug-likeness (QED) is 0.603. The van der Waals surface area contributed by atoms with Crippen molar-refractivity contribution in [1.29, 1.82) is 0 Å². The summed E-state index contributed by atoms with van der Waals surface area (Å²) in [5, 5.41) is 6.26. The normalized spacial score (nSPS) is 12.4. The van der Waals surface area contributed by atoms with Crippen LogP contribution in [0.1, 0.15) is 24.2 Å². The molecule has 0 aliphatic heterocycles. The smallest absolute Gasteiger partial charge is 0.225 e. The van der Waals surface area contributed by atoms with Crippen LogP contribution in [0.5, 0.6) is 0 Å². The minimum atomic E-state index is -0.136. The predicted molar refractivity (Wildman–Crippen MR) is 98.2 cm³/mol. The van der Waals surface area contributed by atoms with Gasteiger partial charge in [0.25, 0.3) is 0 Å². The second kappa shape index (κ2) is 6.40. The van der Waals surface area contributed by atoms with Crippen molar-refractivity contribution >= 4 is 27.6 Å². The van der Waals surface area contributed by atoms with Crippen LogP contribution in [0.2, 0.25) is 0 Å². The molecule has 4 nitrogen and oxygen atoms in total. The monoisotopic (exact) mass is 330 g/mol. The zero-order valence-corrected chi connectivity index (χ0v) is 13.9. The van der Waals surface area contributed by atoms with Gasteiger partial charge in [0, 0.05) is 17.1 Å². The second-order valence-electron chi connectivity index (χ2n) is 6.14. The number of aromatic nitrogens is 1. The number of pyridine rings is 1. The van der Waals surface area contributed by atoms with Gasteiger partial charge < -0.3 is 9.73 Å². The molecule has 0 radical (unpaired) electrons. The maximum absolute atomic E-state index is 12.5. The minimum absolute atomic E-state index is 0.0474. The van der Waals surface area contributed by atoms with Crippen molar-refractivity contribution in [2.24, 2.45) is 0 Å². The number of benzene rings is 2. The molecule has 124 valence electrons. The molecule has 0 spiro atoms. The van der Waals surface area contributed by atoms with Crippen molar-refractivity contribution < 1.29 is 9.21 Å². The van der Waals surface area contributed by atoms with Crippen molar-refractivity contribution in [3.05, 3.63) is 78.3 Å². The number of furan rings is 1. The van der Waals surface area contributed by atoms with Gasteiger partial charge >= 0.3 is 0 Å². The number of fused-ring (bicyclic) bond motifs is 3. The van der Waals surface area contributed by atoms with Crippen LogP contribution in [0.25, 0.3) is 21.7 Å². The Morgan fingerprint density at radius 3 is 2.80 bits per heavy atom. The number of nitrogens with zero attached hydrogens (tertiary/aromatic N) is 1. The van der Waals surface area contributed by atoms with Gasteiger partial charge in [-0.25, -0.2) is 0 Å². The van der Waals surface area contributed by atoms with Gasteiger partial charge in [0.1, 0.15) is 5.58 Å². The van der Waals surface area contributed by atoms with Crippen LogP contribution in [0.15, 0.2) is 71.5 Å². The van der Waals surface area contributed by atoms with E-state index in [0.717, 1.165) is 33.0 Å². The molecule has 0 saturated heterocycles. The number of carbonyl (C=O) groups is 1. The van der Waals surface area contributed by atoms with Crippen LogP contribution in [0, 0.1) is 0 Å². The highest BCUT2D eigenvalue weighted by molar-refractivity contribution is 6.08. The van der Waals surface area contributed by atoms with Gasteiger partial charge in [-0.2, -0.15) is 0 Å². The molecule has 1 N–H and O–H groups in total. The summed E-state index contributed by atoms with van der Waals surface area (Å²) in [6, 6.07) is 17.7. The van der Waals surface area contributed by atoms with E-state index in [1.807, 2.05) is 49.4 Å². The van der Waals surface area contributed by atoms with Gasteiger partial charge in [-0.3, -0.25) is 9.78 Å². The van der Waals surface area contributed by atoms with Crippen molar-refractivity contribution in [3.8, 4) is 0 Å². The topological polar surface area (TPSA) is 55.1 Å². The molecule has 4 aromatic rings. The van der Waals surface area contributed by atoms with E-state index in [1.54, 1.807) is 12.5 Å². The van der Waals surface area contributed by atoms with E-state index in [-0.39, 0.29) is 18.4 Å². The molecule has 1 atom stereocenters. The molecule has 4 heteroatoms. The van der Waals surface area contributed by atoms with Crippen LogP contribution >= 0.6 is 0 Å². The zero-order valence-electron chi connectivity index (χ0n) is 13.9. The van der Waals surface area contributed by atoms with Crippen molar-refractivity contribution in [1.82, 2.24) is 10.3 Å². The van der Waals surface area contributed by atoms with Gasteiger partial charge in [-0.15, -0.1) is 0 Å². The molecule has 4 rings (SSSR count). The van der Waals surface area contributed by atoms with Crippen molar-refractivity contribution in [3.63, 3.8) is 0 Å². The van der Waals surface area contributed by atoms with E-state index >= 15 is 0 Å². The molecule has 0 unspecified atom stereocenters. The lowest BCUT2D eigenvalue weighted by molar-refractivity contribution is -0.121. The molecule has 2 aromatic carbocycles. The van der Waals surface area contributed by atoms with Crippen LogP contribution in [0.3, 0.4) is 0 Å². The predicted octanol–water partition coefficient (Wildman–Crippen LogP) is 4.40. The third-order valence-corrected chi connectivity index (χ3v) is 4.40. The first-order chi connectivity index (χ1) is 12.2. The largest absolute Gasteiger partial charge is 0.464 e. The Morgan fingerprint density at radius 1 is 1.12 bits per heavy atom. The molecule has 2 aromatic heterocycles. The highest BCUT2D eigenvalue weighted by Gasteiger charge is 2.15. The lowest BCUT2D eigenvalue weighted by Gasteiger charge is -2.13. The molecule has 0 fully saturated rings. The Labute approximate surface area is 145 Å². The third-order valence-electron chi connectivity index (χ3n) is 4.40. The summed E-state index contributed by atoms with van der Waals surface area (Å²) >= 11 is 0. The fourth-order valence-electron chi connectivity index (χ4n) is 3.18. The van der Waals surface area contributed by atoms with E-state index in [0.29, 0.717) is 0 Å². The van der Waals surface area contributed by atoms with E-state index in [9.17, 15) is 4.79 Å². The highest BCUT2D eigenvalue weighted by atomic mass is 16.3. The number of hydrogen-bond acceptors (Lipinski definition) is 3. The highest BCUT2D eigenvalue weighted by Crippen LogP contribution is 2.30. The Hall–Kier alpha value is -3.14. The van der Waals surface area contributed by atoms with E-state index in [2.05, 4.69) is 22.4 Å². The SMILES string of the molecule is C[C@@H](NC(=O)Cc1coc2ccc3ccccc3c12)c1ccccn1. The first kappa shape index (κ1) is 15.4. The summed E-state index contributed by atoms with van der Waals surface area (Å²) in [5.74, 6) is -0.0474. The Morgan fingerprint density at radius 2 is 1.96 bits per heavy atom. The molecule has 0 aliphatic rings. The van der Waals surface area contributed by atoms with Crippen LogP contribution < -0.4 is 5.32 Å². The standard InChI is InChI=1S/C21H18N2O2/c1-14(18-8-4-5-11-22-18)23-20(24)12-16-13-25-19-10-9-15-6-2-3-7-17(15)21(16)19/h2-11,13-14H,12H2,1H3,(H,23,24)/t14-/m1/s1. The number of nitrogens with one attached hydrogen (secondary N) is 1. The number of carbonyl (C=O) groups excluding carboxylic acids is 1. The Bertz CT molecular complexity index is 1040. The van der Waals surface area contributed by atoms with Crippen molar-refractivity contribution in [2.45, 2.75) is 19.4 Å². The maximum atomic E-state index is 12.5. The molecule has 0 saturated carbocycles. The van der Waals surface area contributed by atoms with Crippen LogP contribution in [0.4, 0.5) is 0 Å². The summed E-state index contributed by atoms with van der Waals surface area (Å²) in [5.41, 5.74) is 2.55. The Balaban J connectivity index is 1.60. The zero-order chi connectivity index (χ0) is 17.2. The maximum Gasteiger partial charge on any atom is 0.225 e. The van der Waals surface area contributed by atoms with E-state index in [1.165, 1.54) is 0 Å². The fourth-order valence-corrected chi connectivity index (χ4v) is 3.18. The third kappa shape index (κ3) is 2.98. The lowest BCUT2D eigenvalue weighted by Crippen LogP contribution is -2.28. The first-order valence-corrected chi connectivity index (χ1v) is 8.30. The second-order valence-corrected chi connectivity index (χ2v) is 6.14. The van der Waals surface area contributed by atoms with Gasteiger partial charge in [0.05, 0.1) is 24.4 Å². The summed E-state index contributed by atoms with van der Waals surface area (Å²) in [6.45, 7) is 1.93. The van der Waals surface area contributed by atoms with Gasteiger partial charge in [-0.05, 0) is 35.9 Å². The minimum Gasteiger partial charge on any atom is -0.464 e. The molecule has 0 bridgehead atoms. The van der Waals surface area contributed by atoms with Gasteiger partial charge in [0.2, 0.25) is 5.91 Å². The Kier molecular flexibility index (Phi) is 3.94. The molecular weight excluding hydrogens is 312 g/mol. The average Bonchev–Trinajstić information content (AvgIpc) is 3.05. The fraction of sp³-hybridized carbons (Fsp3) is 0.143. The van der Waals surface area contributed by atoms with E-state index < -0.39 is 0 Å². The lowest BCUT2D eigenvalue weighted by atomic mass is 10.0. The molecule has 0 aliphatic carbocycles. The van der Waals surface area contributed by atoms with Crippen molar-refractivity contribution in [2.75, 3.05) is 0 Å². The summed E-state index contributed by atoms with van der Waals surface area (Å²) in [6.07, 6.45) is 3.69. The molecular formula is C21H18N2O2. The van der Waals surface area contributed by atoms with Gasteiger partial charge in [-0.1, -0.05) is 36.4 Å². The van der Waals surface area contributed by atoms with Crippen LogP contribution in [-0.4, -0.2) is 10.9 Å². The number of hydrogen-bond donors (Lipinski definition) is 1. The molecule has 1 amide bonds. The average molecular weight is 330 g/mol. The summed E-state index contributed by atoms with van der Waals surface area (Å²) in [7, 11) is 0. The summed E-state index contributed by atoms with van der Waals surface area (Å²) < 4.78 is 5.66. The first-order valence-electron chi connectivity index (χ1n) is 8.30. The van der Waals surface area contributed by atoms with Gasteiger partial charge in [0.15, 0.2) is 0 Å². The van der Waals surface area contributed by atoms with E-state index in [4.69, 9.17) is 4.42 Å². The number of amides is 1. The summed E-state index contributed by atoms with van der Waals surface area (Å²) in [4.78, 5) is 16.8. The van der Waals surface area contributed by atoms with Crippen LogP contribution in [-0.2, 0) is 11.2 Å². The number of rotatable bonds is 4. The molecule has 25 heavy (non-hydrogen) atoms.